The molecule has 11 heteroatoms. The summed E-state index contributed by atoms with van der Waals surface area (Å²) in [6.07, 6.45) is 43.6. The van der Waals surface area contributed by atoms with Gasteiger partial charge in [0, 0.05) is 12.8 Å². The predicted octanol–water partition coefficient (Wildman–Crippen LogP) is 10.4. The molecule has 0 aliphatic heterocycles. The number of allylic oxidation sites excluding steroid dienone is 13. The van der Waals surface area contributed by atoms with Crippen LogP contribution in [0.25, 0.3) is 0 Å². The molecule has 0 heterocycles. The smallest absolute Gasteiger partial charge is 0.306 e. The lowest BCUT2D eigenvalue weighted by molar-refractivity contribution is -0.870. The Morgan fingerprint density at radius 1 is 0.667 bits per heavy atom. The average molecular weight is 820 g/mol. The van der Waals surface area contributed by atoms with Crippen LogP contribution in [-0.2, 0) is 32.7 Å². The number of esters is 2. The third-order valence-corrected chi connectivity index (χ3v) is 9.47. The van der Waals surface area contributed by atoms with Crippen LogP contribution in [-0.4, -0.2) is 81.2 Å². The Bertz CT molecular complexity index is 1260. The number of aliphatic hydroxyl groups excluding tert-OH is 1. The van der Waals surface area contributed by atoms with Crippen LogP contribution in [0, 0.1) is 0 Å². The summed E-state index contributed by atoms with van der Waals surface area (Å²) in [6.45, 7) is 3.80. The molecule has 326 valence electrons. The summed E-state index contributed by atoms with van der Waals surface area (Å²) in [6, 6.07) is 0. The highest BCUT2D eigenvalue weighted by atomic mass is 31.2. The first-order valence-corrected chi connectivity index (χ1v) is 22.9. The zero-order chi connectivity index (χ0) is 42.3. The molecule has 3 atom stereocenters. The van der Waals surface area contributed by atoms with Crippen LogP contribution in [0.2, 0.25) is 0 Å². The van der Waals surface area contributed by atoms with Gasteiger partial charge in [0.25, 0.3) is 7.82 Å². The first-order valence-electron chi connectivity index (χ1n) is 21.4. The van der Waals surface area contributed by atoms with Gasteiger partial charge in [-0.05, 0) is 77.0 Å². The van der Waals surface area contributed by atoms with Crippen molar-refractivity contribution in [2.45, 2.75) is 148 Å². The summed E-state index contributed by atoms with van der Waals surface area (Å²) in [7, 11) is 1.01. The summed E-state index contributed by atoms with van der Waals surface area (Å²) in [5, 5.41) is 10.3. The van der Waals surface area contributed by atoms with E-state index in [1.165, 1.54) is 38.5 Å². The van der Waals surface area contributed by atoms with Crippen LogP contribution in [0.5, 0.6) is 0 Å². The van der Waals surface area contributed by atoms with Crippen LogP contribution < -0.4 is 4.89 Å². The fourth-order valence-electron chi connectivity index (χ4n) is 5.12. The number of rotatable bonds is 37. The summed E-state index contributed by atoms with van der Waals surface area (Å²) in [5.41, 5.74) is 0. The maximum absolute atomic E-state index is 12.7. The van der Waals surface area contributed by atoms with Gasteiger partial charge in [-0.3, -0.25) is 14.2 Å². The van der Waals surface area contributed by atoms with Gasteiger partial charge in [-0.1, -0.05) is 131 Å². The van der Waals surface area contributed by atoms with Crippen molar-refractivity contribution >= 4 is 19.8 Å². The van der Waals surface area contributed by atoms with E-state index in [9.17, 15) is 24.2 Å². The quantitative estimate of drug-likeness (QED) is 0.0162. The molecule has 57 heavy (non-hydrogen) atoms. The standard InChI is InChI=1S/C46H78NO9P/c1-6-8-10-12-14-16-18-20-21-23-25-27-29-31-33-37-45(49)53-41-44(42-55-57(51,52)54-40-39-47(3,4)5)56-46(50)38-34-36-43(48)35-32-30-28-26-24-22-19-17-15-13-11-9-7-2/h8,10,14,16,20-22,24-25,27-28,30,32,35,43-44,48H,6-7,9,11-13,15,17-19,23,26,29,31,33-34,36-42H2,1-5H3/b10-8-,16-14-,21-20-,24-22+,27-25-,30-28+,35-32+/t43?,44-/m1/s1. The number of nitrogens with zero attached hydrogens (tertiary/aromatic N) is 1. The van der Waals surface area contributed by atoms with Crippen molar-refractivity contribution in [3.05, 3.63) is 85.1 Å². The van der Waals surface area contributed by atoms with E-state index in [-0.39, 0.29) is 26.1 Å². The molecular weight excluding hydrogens is 741 g/mol. The van der Waals surface area contributed by atoms with Gasteiger partial charge in [-0.2, -0.15) is 0 Å². The third-order valence-electron chi connectivity index (χ3n) is 8.50. The maximum atomic E-state index is 12.7. The Morgan fingerprint density at radius 2 is 1.23 bits per heavy atom. The van der Waals surface area contributed by atoms with E-state index in [4.69, 9.17) is 18.5 Å². The minimum atomic E-state index is -4.69. The molecule has 0 saturated heterocycles. The topological polar surface area (TPSA) is 131 Å². The second-order valence-electron chi connectivity index (χ2n) is 15.2. The molecule has 0 spiro atoms. The number of phosphoric acid groups is 1. The zero-order valence-electron chi connectivity index (χ0n) is 36.1. The summed E-state index contributed by atoms with van der Waals surface area (Å²) >= 11 is 0. The average Bonchev–Trinajstić information content (AvgIpc) is 3.15. The predicted molar refractivity (Wildman–Crippen MR) is 232 cm³/mol. The molecule has 0 bridgehead atoms. The minimum Gasteiger partial charge on any atom is -0.756 e. The van der Waals surface area contributed by atoms with Gasteiger partial charge in [0.1, 0.15) is 19.8 Å². The molecule has 0 aliphatic rings. The molecule has 0 saturated carbocycles. The molecule has 0 aromatic heterocycles. The Kier molecular flexibility index (Phi) is 35.6. The molecule has 0 radical (unpaired) electrons. The second kappa shape index (κ2) is 37.4. The molecular formula is C46H78NO9P. The van der Waals surface area contributed by atoms with Crippen LogP contribution in [0.15, 0.2) is 85.1 Å². The lowest BCUT2D eigenvalue weighted by Gasteiger charge is -2.28. The fraction of sp³-hybridized carbons (Fsp3) is 0.652. The van der Waals surface area contributed by atoms with Gasteiger partial charge in [0.2, 0.25) is 0 Å². The lowest BCUT2D eigenvalue weighted by Crippen LogP contribution is -2.37. The number of hydrogen-bond acceptors (Lipinski definition) is 9. The van der Waals surface area contributed by atoms with Crippen LogP contribution >= 0.6 is 7.82 Å². The van der Waals surface area contributed by atoms with Crippen molar-refractivity contribution in [1.82, 2.24) is 0 Å². The largest absolute Gasteiger partial charge is 0.756 e. The number of ether oxygens (including phenoxy) is 2. The highest BCUT2D eigenvalue weighted by Gasteiger charge is 2.22. The molecule has 0 aromatic carbocycles. The molecule has 0 amide bonds. The molecule has 0 aliphatic carbocycles. The molecule has 0 rings (SSSR count). The molecule has 2 unspecified atom stereocenters. The monoisotopic (exact) mass is 820 g/mol. The van der Waals surface area contributed by atoms with Crippen LogP contribution in [0.4, 0.5) is 0 Å². The van der Waals surface area contributed by atoms with Crippen molar-refractivity contribution in [3.8, 4) is 0 Å². The first-order chi connectivity index (χ1) is 27.4. The number of carbonyl (C=O) groups is 2. The minimum absolute atomic E-state index is 0.0130. The number of hydrogen-bond donors (Lipinski definition) is 1. The molecule has 1 N–H and O–H groups in total. The maximum Gasteiger partial charge on any atom is 0.306 e. The van der Waals surface area contributed by atoms with Gasteiger partial charge in [-0.15, -0.1) is 0 Å². The van der Waals surface area contributed by atoms with E-state index < -0.39 is 38.6 Å². The third kappa shape index (κ3) is 41.1. The van der Waals surface area contributed by atoms with Crippen molar-refractivity contribution in [3.63, 3.8) is 0 Å². The number of unbranched alkanes of at least 4 members (excludes halogenated alkanes) is 8. The zero-order valence-corrected chi connectivity index (χ0v) is 37.0. The Morgan fingerprint density at radius 3 is 1.86 bits per heavy atom. The highest BCUT2D eigenvalue weighted by Crippen LogP contribution is 2.38. The number of carbonyl (C=O) groups excluding carboxylic acids is 2. The Balaban J connectivity index is 4.66. The summed E-state index contributed by atoms with van der Waals surface area (Å²) in [5.74, 6) is -1.09. The number of likely N-dealkylation sites (N-methyl/N-ethyl adjacent to an activating group) is 1. The van der Waals surface area contributed by atoms with E-state index in [0.29, 0.717) is 30.3 Å². The molecule has 0 fully saturated rings. The first kappa shape index (κ1) is 54.2. The van der Waals surface area contributed by atoms with E-state index in [1.54, 1.807) is 12.2 Å². The number of quaternary nitrogens is 1. The fourth-order valence-corrected chi connectivity index (χ4v) is 5.85. The summed E-state index contributed by atoms with van der Waals surface area (Å²) < 4.78 is 33.6. The van der Waals surface area contributed by atoms with Gasteiger partial charge < -0.3 is 33.0 Å². The highest BCUT2D eigenvalue weighted by molar-refractivity contribution is 7.45. The second-order valence-corrected chi connectivity index (χ2v) is 16.6. The lowest BCUT2D eigenvalue weighted by atomic mass is 10.1. The van der Waals surface area contributed by atoms with Gasteiger partial charge in [0.05, 0.1) is 33.9 Å². The molecule has 0 aromatic rings. The van der Waals surface area contributed by atoms with E-state index in [1.807, 2.05) is 33.3 Å². The number of aliphatic hydroxyl groups is 1. The van der Waals surface area contributed by atoms with Crippen molar-refractivity contribution in [1.29, 1.82) is 0 Å². The van der Waals surface area contributed by atoms with Crippen LogP contribution in [0.1, 0.15) is 136 Å². The van der Waals surface area contributed by atoms with Crippen molar-refractivity contribution in [2.24, 2.45) is 0 Å². The molecule has 10 nitrogen and oxygen atoms in total. The van der Waals surface area contributed by atoms with Crippen molar-refractivity contribution in [2.75, 3.05) is 47.5 Å². The van der Waals surface area contributed by atoms with Gasteiger partial charge >= 0.3 is 11.9 Å². The SMILES string of the molecule is CC/C=C\C/C=C\C/C=C\C/C=C\CCCCC(=O)OC[C@H](COP(=O)([O-])OCC[N+](C)(C)C)OC(=O)CCCC(O)/C=C/C=C/C/C=C/CCCCCCCC. The summed E-state index contributed by atoms with van der Waals surface area (Å²) in [4.78, 5) is 37.5. The van der Waals surface area contributed by atoms with Crippen LogP contribution in [0.3, 0.4) is 0 Å². The van der Waals surface area contributed by atoms with Crippen molar-refractivity contribution < 1.29 is 47.2 Å². The van der Waals surface area contributed by atoms with Gasteiger partial charge in [0.15, 0.2) is 6.10 Å². The van der Waals surface area contributed by atoms with E-state index in [0.717, 1.165) is 51.4 Å². The Hall–Kier alpha value is -2.85. The normalized spacial score (nSPS) is 15.0. The van der Waals surface area contributed by atoms with Gasteiger partial charge in [-0.25, -0.2) is 0 Å². The van der Waals surface area contributed by atoms with E-state index in [2.05, 4.69) is 74.6 Å². The number of phosphoric ester groups is 1. The van der Waals surface area contributed by atoms with E-state index >= 15 is 0 Å². The Labute approximate surface area is 346 Å².